The van der Waals surface area contributed by atoms with E-state index in [-0.39, 0.29) is 24.6 Å². The maximum absolute atomic E-state index is 13.4. The fourth-order valence-electron chi connectivity index (χ4n) is 3.50. The van der Waals surface area contributed by atoms with Crippen molar-refractivity contribution in [3.63, 3.8) is 0 Å². The van der Waals surface area contributed by atoms with E-state index in [9.17, 15) is 13.2 Å². The van der Waals surface area contributed by atoms with Crippen LogP contribution < -0.4 is 14.4 Å². The van der Waals surface area contributed by atoms with Crippen molar-refractivity contribution in [1.82, 2.24) is 5.32 Å². The lowest BCUT2D eigenvalue weighted by atomic mass is 10.1. The third-order valence-electron chi connectivity index (χ3n) is 5.07. The molecule has 0 atom stereocenters. The van der Waals surface area contributed by atoms with Gasteiger partial charge in [0.05, 0.1) is 17.1 Å². The number of rotatable bonds is 9. The van der Waals surface area contributed by atoms with Gasteiger partial charge in [-0.25, -0.2) is 8.42 Å². The highest BCUT2D eigenvalue weighted by molar-refractivity contribution is 7.92. The van der Waals surface area contributed by atoms with Gasteiger partial charge in [0.2, 0.25) is 5.91 Å². The van der Waals surface area contributed by atoms with E-state index in [1.54, 1.807) is 42.5 Å². The molecule has 0 aromatic heterocycles. The van der Waals surface area contributed by atoms with E-state index in [2.05, 4.69) is 11.4 Å². The maximum Gasteiger partial charge on any atom is 0.264 e. The molecule has 0 radical (unpaired) electrons. The van der Waals surface area contributed by atoms with Crippen LogP contribution in [0.15, 0.2) is 71.6 Å². The Kier molecular flexibility index (Phi) is 7.76. The van der Waals surface area contributed by atoms with E-state index in [0.29, 0.717) is 5.69 Å². The molecule has 3 rings (SSSR count). The minimum Gasteiger partial charge on any atom is -0.492 e. The van der Waals surface area contributed by atoms with Crippen LogP contribution in [0.25, 0.3) is 0 Å². The second-order valence-corrected chi connectivity index (χ2v) is 10.0. The molecule has 7 heteroatoms. The van der Waals surface area contributed by atoms with E-state index < -0.39 is 15.9 Å². The molecule has 0 aliphatic heterocycles. The summed E-state index contributed by atoms with van der Waals surface area (Å²) in [6, 6.07) is 19.6. The Morgan fingerprint density at radius 3 is 2.15 bits per heavy atom. The molecule has 33 heavy (non-hydrogen) atoms. The summed E-state index contributed by atoms with van der Waals surface area (Å²) < 4.78 is 33.7. The van der Waals surface area contributed by atoms with Crippen LogP contribution in [-0.4, -0.2) is 34.0 Å². The highest BCUT2D eigenvalue weighted by Crippen LogP contribution is 2.24. The quantitative estimate of drug-likeness (QED) is 0.477. The van der Waals surface area contributed by atoms with Crippen molar-refractivity contribution in [2.45, 2.75) is 32.6 Å². The number of nitrogens with one attached hydrogen (secondary N) is 1. The second-order valence-electron chi connectivity index (χ2n) is 8.19. The van der Waals surface area contributed by atoms with Crippen LogP contribution in [-0.2, 0) is 14.8 Å². The largest absolute Gasteiger partial charge is 0.492 e. The summed E-state index contributed by atoms with van der Waals surface area (Å²) in [5.74, 6) is 0.335. The smallest absolute Gasteiger partial charge is 0.264 e. The minimum atomic E-state index is -3.92. The standard InChI is InChI=1S/C26H30N2O4S/c1-19-8-10-25(11-9-19)33(30,31)28(23-7-5-6-20(2)15-23)18-26(29)27-12-13-32-24-16-21(3)14-22(4)17-24/h5-11,14-17H,12-13,18H2,1-4H3,(H,27,29). The molecule has 3 aromatic rings. The molecule has 0 unspecified atom stereocenters. The Hall–Kier alpha value is -3.32. The average Bonchev–Trinajstić information content (AvgIpc) is 2.74. The predicted octanol–water partition coefficient (Wildman–Crippen LogP) is 4.31. The SMILES string of the molecule is Cc1ccc(S(=O)(=O)N(CC(=O)NCCOc2cc(C)cc(C)c2)c2cccc(C)c2)cc1. The van der Waals surface area contributed by atoms with Crippen LogP contribution in [0.4, 0.5) is 5.69 Å². The lowest BCUT2D eigenvalue weighted by Gasteiger charge is -2.24. The van der Waals surface area contributed by atoms with Crippen molar-refractivity contribution in [2.75, 3.05) is 24.0 Å². The lowest BCUT2D eigenvalue weighted by Crippen LogP contribution is -2.42. The summed E-state index contributed by atoms with van der Waals surface area (Å²) in [4.78, 5) is 12.8. The van der Waals surface area contributed by atoms with Crippen molar-refractivity contribution >= 4 is 21.6 Å². The lowest BCUT2D eigenvalue weighted by molar-refractivity contribution is -0.119. The van der Waals surface area contributed by atoms with Crippen LogP contribution in [0.3, 0.4) is 0 Å². The zero-order valence-corrected chi connectivity index (χ0v) is 20.3. The van der Waals surface area contributed by atoms with Crippen LogP contribution in [0.2, 0.25) is 0 Å². The Balaban J connectivity index is 1.70. The average molecular weight is 467 g/mol. The molecule has 0 bridgehead atoms. The fourth-order valence-corrected chi connectivity index (χ4v) is 4.91. The molecule has 174 valence electrons. The summed E-state index contributed by atoms with van der Waals surface area (Å²) in [6.45, 7) is 7.98. The zero-order chi connectivity index (χ0) is 24.0. The van der Waals surface area contributed by atoms with Crippen molar-refractivity contribution in [2.24, 2.45) is 0 Å². The van der Waals surface area contributed by atoms with Gasteiger partial charge in [0.25, 0.3) is 10.0 Å². The topological polar surface area (TPSA) is 75.7 Å². The number of hydrogen-bond acceptors (Lipinski definition) is 4. The number of hydrogen-bond donors (Lipinski definition) is 1. The molecule has 1 N–H and O–H groups in total. The summed E-state index contributed by atoms with van der Waals surface area (Å²) in [5.41, 5.74) is 4.50. The van der Waals surface area contributed by atoms with Gasteiger partial charge in [0, 0.05) is 0 Å². The molecule has 1 amide bonds. The maximum atomic E-state index is 13.4. The highest BCUT2D eigenvalue weighted by atomic mass is 32.2. The Morgan fingerprint density at radius 1 is 0.848 bits per heavy atom. The molecule has 0 spiro atoms. The normalized spacial score (nSPS) is 11.2. The molecular formula is C26H30N2O4S. The van der Waals surface area contributed by atoms with E-state index in [1.165, 1.54) is 0 Å². The first-order valence-corrected chi connectivity index (χ1v) is 12.2. The van der Waals surface area contributed by atoms with Gasteiger partial charge < -0.3 is 10.1 Å². The number of ether oxygens (including phenoxy) is 1. The molecule has 0 saturated heterocycles. The second kappa shape index (κ2) is 10.5. The first-order valence-electron chi connectivity index (χ1n) is 10.8. The van der Waals surface area contributed by atoms with E-state index in [4.69, 9.17) is 4.74 Å². The molecule has 3 aromatic carbocycles. The number of carbonyl (C=O) groups is 1. The first kappa shape index (κ1) is 24.3. The van der Waals surface area contributed by atoms with Gasteiger partial charge >= 0.3 is 0 Å². The Labute approximate surface area is 196 Å². The number of anilines is 1. The minimum absolute atomic E-state index is 0.139. The molecular weight excluding hydrogens is 436 g/mol. The molecule has 0 aliphatic rings. The summed E-state index contributed by atoms with van der Waals surface area (Å²) in [7, 11) is -3.92. The summed E-state index contributed by atoms with van der Waals surface area (Å²) in [5, 5.41) is 2.76. The molecule has 0 saturated carbocycles. The monoisotopic (exact) mass is 466 g/mol. The van der Waals surface area contributed by atoms with Gasteiger partial charge in [-0.3, -0.25) is 9.10 Å². The molecule has 0 heterocycles. The van der Waals surface area contributed by atoms with Gasteiger partial charge in [-0.1, -0.05) is 35.9 Å². The van der Waals surface area contributed by atoms with Crippen LogP contribution >= 0.6 is 0 Å². The number of carbonyl (C=O) groups excluding carboxylic acids is 1. The predicted molar refractivity (Wildman–Crippen MR) is 131 cm³/mol. The van der Waals surface area contributed by atoms with Crippen molar-refractivity contribution in [3.8, 4) is 5.75 Å². The van der Waals surface area contributed by atoms with Gasteiger partial charge in [0.1, 0.15) is 18.9 Å². The fraction of sp³-hybridized carbons (Fsp3) is 0.269. The van der Waals surface area contributed by atoms with Crippen LogP contribution in [0.5, 0.6) is 5.75 Å². The summed E-state index contributed by atoms with van der Waals surface area (Å²) in [6.07, 6.45) is 0. The van der Waals surface area contributed by atoms with E-state index in [0.717, 1.165) is 32.3 Å². The molecule has 0 fully saturated rings. The number of nitrogens with zero attached hydrogens (tertiary/aromatic N) is 1. The van der Waals surface area contributed by atoms with Crippen molar-refractivity contribution in [3.05, 3.63) is 89.0 Å². The number of benzene rings is 3. The van der Waals surface area contributed by atoms with Crippen molar-refractivity contribution in [1.29, 1.82) is 0 Å². The zero-order valence-electron chi connectivity index (χ0n) is 19.5. The van der Waals surface area contributed by atoms with E-state index in [1.807, 2.05) is 45.9 Å². The summed E-state index contributed by atoms with van der Waals surface area (Å²) >= 11 is 0. The van der Waals surface area contributed by atoms with Crippen LogP contribution in [0, 0.1) is 27.7 Å². The molecule has 0 aliphatic carbocycles. The first-order chi connectivity index (χ1) is 15.6. The number of aryl methyl sites for hydroxylation is 4. The van der Waals surface area contributed by atoms with Crippen molar-refractivity contribution < 1.29 is 17.9 Å². The third-order valence-corrected chi connectivity index (χ3v) is 6.86. The Morgan fingerprint density at radius 2 is 1.52 bits per heavy atom. The van der Waals surface area contributed by atoms with Gasteiger partial charge in [0.15, 0.2) is 0 Å². The number of amides is 1. The van der Waals surface area contributed by atoms with Gasteiger partial charge in [-0.2, -0.15) is 0 Å². The third kappa shape index (κ3) is 6.58. The van der Waals surface area contributed by atoms with E-state index >= 15 is 0 Å². The van der Waals surface area contributed by atoms with Gasteiger partial charge in [-0.05, 0) is 80.8 Å². The van der Waals surface area contributed by atoms with Crippen LogP contribution in [0.1, 0.15) is 22.3 Å². The van der Waals surface area contributed by atoms with Gasteiger partial charge in [-0.15, -0.1) is 0 Å². The molecule has 6 nitrogen and oxygen atoms in total. The Bertz CT molecular complexity index is 1200. The highest BCUT2D eigenvalue weighted by Gasteiger charge is 2.27. The number of sulfonamides is 1.